The van der Waals surface area contributed by atoms with Crippen LogP contribution in [-0.2, 0) is 20.7 Å². The van der Waals surface area contributed by atoms with Crippen molar-refractivity contribution in [1.29, 1.82) is 0 Å². The smallest absolute Gasteiger partial charge is 0.339 e. The molecule has 0 aliphatic carbocycles. The Bertz CT molecular complexity index is 1090. The van der Waals surface area contributed by atoms with Gasteiger partial charge in [0.05, 0.1) is 17.8 Å². The fourth-order valence-electron chi connectivity index (χ4n) is 3.25. The van der Waals surface area contributed by atoms with E-state index in [2.05, 4.69) is 20.7 Å². The molecule has 4 rings (SSSR count). The predicted molar refractivity (Wildman–Crippen MR) is 107 cm³/mol. The van der Waals surface area contributed by atoms with E-state index in [1.807, 2.05) is 0 Å². The number of cyclic esters (lactones) is 1. The highest BCUT2D eigenvalue weighted by Gasteiger charge is 2.42. The van der Waals surface area contributed by atoms with Crippen molar-refractivity contribution in [2.75, 3.05) is 11.9 Å². The molecule has 2 heterocycles. The van der Waals surface area contributed by atoms with Crippen LogP contribution in [0.2, 0.25) is 0 Å². The molecule has 0 saturated heterocycles. The Kier molecular flexibility index (Phi) is 5.01. The van der Waals surface area contributed by atoms with Gasteiger partial charge < -0.3 is 15.4 Å². The molecular weight excluding hydrogens is 386 g/mol. The van der Waals surface area contributed by atoms with Gasteiger partial charge in [0.1, 0.15) is 12.7 Å². The maximum absolute atomic E-state index is 12.6. The first kappa shape index (κ1) is 19.3. The zero-order valence-corrected chi connectivity index (χ0v) is 16.2. The number of fused-ring (bicyclic) bond motifs is 1. The third kappa shape index (κ3) is 3.90. The van der Waals surface area contributed by atoms with Crippen LogP contribution in [-0.4, -0.2) is 44.7 Å². The summed E-state index contributed by atoms with van der Waals surface area (Å²) in [4.78, 5) is 40.9. The number of nitrogens with one attached hydrogen (secondary N) is 2. The van der Waals surface area contributed by atoms with Gasteiger partial charge in [-0.25, -0.2) is 14.5 Å². The maximum Gasteiger partial charge on any atom is 0.339 e. The van der Waals surface area contributed by atoms with Gasteiger partial charge in [-0.3, -0.25) is 9.59 Å². The third-order valence-electron chi connectivity index (χ3n) is 4.81. The first-order valence-electron chi connectivity index (χ1n) is 9.29. The second kappa shape index (κ2) is 7.78. The van der Waals surface area contributed by atoms with Crippen LogP contribution >= 0.6 is 0 Å². The van der Waals surface area contributed by atoms with Crippen LogP contribution in [0.25, 0.3) is 5.69 Å². The van der Waals surface area contributed by atoms with Crippen molar-refractivity contribution in [3.05, 3.63) is 72.3 Å². The molecule has 0 fully saturated rings. The first-order chi connectivity index (χ1) is 14.4. The van der Waals surface area contributed by atoms with Crippen molar-refractivity contribution in [3.63, 3.8) is 0 Å². The Hall–Kier alpha value is -4.01. The highest BCUT2D eigenvalue weighted by Crippen LogP contribution is 2.28. The fourth-order valence-corrected chi connectivity index (χ4v) is 3.25. The zero-order valence-electron chi connectivity index (χ0n) is 16.2. The van der Waals surface area contributed by atoms with Crippen LogP contribution in [0.1, 0.15) is 22.8 Å². The molecule has 9 heteroatoms. The van der Waals surface area contributed by atoms with Crippen molar-refractivity contribution in [3.8, 4) is 5.69 Å². The average Bonchev–Trinajstić information content (AvgIpc) is 3.27. The summed E-state index contributed by atoms with van der Waals surface area (Å²) in [5.74, 6) is -1.48. The fraction of sp³-hybridized carbons (Fsp3) is 0.190. The van der Waals surface area contributed by atoms with Crippen molar-refractivity contribution < 1.29 is 19.1 Å². The summed E-state index contributed by atoms with van der Waals surface area (Å²) < 4.78 is 6.96. The lowest BCUT2D eigenvalue weighted by Gasteiger charge is -2.32. The molecule has 0 radical (unpaired) electrons. The molecule has 0 saturated carbocycles. The van der Waals surface area contributed by atoms with E-state index in [4.69, 9.17) is 4.74 Å². The molecule has 1 atom stereocenters. The van der Waals surface area contributed by atoms with E-state index < -0.39 is 23.4 Å². The Balaban J connectivity index is 1.34. The summed E-state index contributed by atoms with van der Waals surface area (Å²) in [7, 11) is 0. The molecule has 152 valence electrons. The highest BCUT2D eigenvalue weighted by atomic mass is 16.6. The van der Waals surface area contributed by atoms with Crippen LogP contribution in [0.5, 0.6) is 0 Å². The van der Waals surface area contributed by atoms with Gasteiger partial charge in [-0.1, -0.05) is 18.2 Å². The average molecular weight is 405 g/mol. The van der Waals surface area contributed by atoms with Crippen molar-refractivity contribution in [2.45, 2.75) is 18.9 Å². The summed E-state index contributed by atoms with van der Waals surface area (Å²) in [6, 6.07) is 14.0. The van der Waals surface area contributed by atoms with Crippen molar-refractivity contribution in [2.24, 2.45) is 0 Å². The molecule has 30 heavy (non-hydrogen) atoms. The molecular formula is C21H19N5O4. The predicted octanol–water partition coefficient (Wildman–Crippen LogP) is 1.49. The number of esters is 1. The third-order valence-corrected chi connectivity index (χ3v) is 4.81. The minimum Gasteiger partial charge on any atom is -0.445 e. The number of aromatic nitrogens is 3. The van der Waals surface area contributed by atoms with Crippen molar-refractivity contribution >= 4 is 23.5 Å². The van der Waals surface area contributed by atoms with E-state index in [-0.39, 0.29) is 13.0 Å². The van der Waals surface area contributed by atoms with Gasteiger partial charge in [0, 0.05) is 12.1 Å². The van der Waals surface area contributed by atoms with Gasteiger partial charge in [0.15, 0.2) is 5.60 Å². The lowest BCUT2D eigenvalue weighted by atomic mass is 9.89. The maximum atomic E-state index is 12.6. The molecule has 2 amide bonds. The summed E-state index contributed by atoms with van der Waals surface area (Å²) in [5.41, 5.74) is 1.19. The van der Waals surface area contributed by atoms with Gasteiger partial charge in [-0.05, 0) is 42.8 Å². The number of hydrogen-bond acceptors (Lipinski definition) is 6. The Morgan fingerprint density at radius 3 is 2.67 bits per heavy atom. The minimum atomic E-state index is -1.37. The van der Waals surface area contributed by atoms with Crippen LogP contribution in [0.3, 0.4) is 0 Å². The number of rotatable bonds is 5. The monoisotopic (exact) mass is 405 g/mol. The van der Waals surface area contributed by atoms with E-state index in [1.165, 1.54) is 13.3 Å². The lowest BCUT2D eigenvalue weighted by molar-refractivity contribution is -0.140. The highest BCUT2D eigenvalue weighted by molar-refractivity contribution is 5.99. The lowest BCUT2D eigenvalue weighted by Crippen LogP contribution is -2.52. The van der Waals surface area contributed by atoms with Gasteiger partial charge in [0.2, 0.25) is 5.91 Å². The van der Waals surface area contributed by atoms with Crippen LogP contribution in [0, 0.1) is 0 Å². The van der Waals surface area contributed by atoms with E-state index in [9.17, 15) is 14.4 Å². The van der Waals surface area contributed by atoms with Gasteiger partial charge in [-0.2, -0.15) is 5.10 Å². The summed E-state index contributed by atoms with van der Waals surface area (Å²) >= 11 is 0. The summed E-state index contributed by atoms with van der Waals surface area (Å²) in [6.45, 7) is 1.29. The second-order valence-electron chi connectivity index (χ2n) is 7.07. The Labute approximate surface area is 172 Å². The number of carbonyl (C=O) groups is 3. The van der Waals surface area contributed by atoms with E-state index in [0.717, 1.165) is 11.3 Å². The number of ether oxygens (including phenoxy) is 1. The normalized spacial score (nSPS) is 17.6. The summed E-state index contributed by atoms with van der Waals surface area (Å²) in [5, 5.41) is 9.28. The largest absolute Gasteiger partial charge is 0.445 e. The molecule has 1 aromatic heterocycles. The molecule has 2 N–H and O–H groups in total. The number of hydrogen-bond donors (Lipinski definition) is 2. The molecule has 1 unspecified atom stereocenters. The SMILES string of the molecule is CC1(C(=O)NCC(=O)Nc2ccc(-n3cncn3)cc2)Cc2ccccc2C(=O)O1. The number of benzene rings is 2. The molecule has 9 nitrogen and oxygen atoms in total. The molecule has 1 aliphatic heterocycles. The van der Waals surface area contributed by atoms with Gasteiger partial charge in [0.25, 0.3) is 5.91 Å². The van der Waals surface area contributed by atoms with E-state index >= 15 is 0 Å². The molecule has 0 bridgehead atoms. The standard InChI is InChI=1S/C21H19N5O4/c1-21(10-14-4-2-3-5-17(14)19(28)30-21)20(29)23-11-18(27)25-15-6-8-16(9-7-15)26-13-22-12-24-26/h2-9,12-13H,10-11H2,1H3,(H,23,29)(H,25,27). The molecule has 1 aliphatic rings. The molecule has 0 spiro atoms. The second-order valence-corrected chi connectivity index (χ2v) is 7.07. The Morgan fingerprint density at radius 2 is 1.93 bits per heavy atom. The number of nitrogens with zero attached hydrogens (tertiary/aromatic N) is 3. The Morgan fingerprint density at radius 1 is 1.17 bits per heavy atom. The summed E-state index contributed by atoms with van der Waals surface area (Å²) in [6.07, 6.45) is 3.24. The van der Waals surface area contributed by atoms with Crippen molar-refractivity contribution in [1.82, 2.24) is 20.1 Å². The molecule has 2 aromatic carbocycles. The quantitative estimate of drug-likeness (QED) is 0.622. The van der Waals surface area contributed by atoms with E-state index in [1.54, 1.807) is 59.5 Å². The number of anilines is 1. The van der Waals surface area contributed by atoms with Gasteiger partial charge in [-0.15, -0.1) is 0 Å². The molecule has 3 aromatic rings. The van der Waals surface area contributed by atoms with Crippen LogP contribution in [0.4, 0.5) is 5.69 Å². The zero-order chi connectivity index (χ0) is 21.1. The minimum absolute atomic E-state index is 0.242. The van der Waals surface area contributed by atoms with Crippen LogP contribution < -0.4 is 10.6 Å². The first-order valence-corrected chi connectivity index (χ1v) is 9.29. The van der Waals surface area contributed by atoms with Gasteiger partial charge >= 0.3 is 5.97 Å². The van der Waals surface area contributed by atoms with E-state index in [0.29, 0.717) is 11.3 Å². The van der Waals surface area contributed by atoms with Crippen LogP contribution in [0.15, 0.2) is 61.2 Å². The number of carbonyl (C=O) groups excluding carboxylic acids is 3. The topological polar surface area (TPSA) is 115 Å². The number of amides is 2.